The lowest BCUT2D eigenvalue weighted by Crippen LogP contribution is -2.33. The quantitative estimate of drug-likeness (QED) is 0.355. The van der Waals surface area contributed by atoms with Gasteiger partial charge in [-0.1, -0.05) is 6.08 Å². The molecule has 20 heavy (non-hydrogen) atoms. The Bertz CT molecular complexity index is 374. The normalized spacial score (nSPS) is 18.4. The van der Waals surface area contributed by atoms with Gasteiger partial charge in [-0.2, -0.15) is 0 Å². The molecule has 112 valence electrons. The second-order valence-corrected chi connectivity index (χ2v) is 4.17. The van der Waals surface area contributed by atoms with Crippen molar-refractivity contribution in [2.24, 2.45) is 5.92 Å². The summed E-state index contributed by atoms with van der Waals surface area (Å²) in [6.07, 6.45) is 5.67. The summed E-state index contributed by atoms with van der Waals surface area (Å²) in [5, 5.41) is 0. The molecular formula is C14H20O6. The van der Waals surface area contributed by atoms with Crippen molar-refractivity contribution in [2.75, 3.05) is 33.5 Å². The van der Waals surface area contributed by atoms with Crippen molar-refractivity contribution in [3.05, 3.63) is 24.5 Å². The molecule has 0 saturated carbocycles. The van der Waals surface area contributed by atoms with E-state index >= 15 is 0 Å². The van der Waals surface area contributed by atoms with Crippen molar-refractivity contribution >= 4 is 11.8 Å². The van der Waals surface area contributed by atoms with E-state index in [1.54, 1.807) is 25.3 Å². The molecule has 0 bridgehead atoms. The van der Waals surface area contributed by atoms with Gasteiger partial charge in [0.2, 0.25) is 0 Å². The third kappa shape index (κ3) is 5.54. The molecule has 1 rings (SSSR count). The number of ether oxygens (including phenoxy) is 4. The summed E-state index contributed by atoms with van der Waals surface area (Å²) in [6, 6.07) is 0. The first kappa shape index (κ1) is 16.4. The molecule has 0 aromatic carbocycles. The van der Waals surface area contributed by atoms with Gasteiger partial charge in [0.05, 0.1) is 26.1 Å². The predicted octanol–water partition coefficient (Wildman–Crippen LogP) is 0.866. The number of Topliss-reactive ketones (excluding diaryl/α,β-unsaturated/α-hetero) is 1. The summed E-state index contributed by atoms with van der Waals surface area (Å²) in [5.74, 6) is -1.76. The van der Waals surface area contributed by atoms with Crippen LogP contribution in [-0.2, 0) is 28.5 Å². The number of rotatable bonds is 9. The number of hydrogen-bond donors (Lipinski definition) is 0. The SMILES string of the molecule is COCCOCCOC(=O)C(C)C(=O)C1C=CC=CO1. The van der Waals surface area contributed by atoms with Crippen molar-refractivity contribution in [1.82, 2.24) is 0 Å². The molecule has 2 unspecified atom stereocenters. The summed E-state index contributed by atoms with van der Waals surface area (Å²) in [7, 11) is 1.58. The third-order valence-corrected chi connectivity index (χ3v) is 2.67. The smallest absolute Gasteiger partial charge is 0.316 e. The fourth-order valence-electron chi connectivity index (χ4n) is 1.48. The van der Waals surface area contributed by atoms with Crippen molar-refractivity contribution in [3.63, 3.8) is 0 Å². The van der Waals surface area contributed by atoms with E-state index in [0.29, 0.717) is 13.2 Å². The number of allylic oxidation sites excluding steroid dienone is 2. The van der Waals surface area contributed by atoms with Crippen LogP contribution >= 0.6 is 0 Å². The fraction of sp³-hybridized carbons (Fsp3) is 0.571. The highest BCUT2D eigenvalue weighted by Gasteiger charge is 2.29. The van der Waals surface area contributed by atoms with Gasteiger partial charge in [0.25, 0.3) is 0 Å². The van der Waals surface area contributed by atoms with Crippen molar-refractivity contribution in [2.45, 2.75) is 13.0 Å². The van der Waals surface area contributed by atoms with Crippen molar-refractivity contribution in [3.8, 4) is 0 Å². The Morgan fingerprint density at radius 2 is 1.95 bits per heavy atom. The molecule has 0 fully saturated rings. The summed E-state index contributed by atoms with van der Waals surface area (Å²) < 4.78 is 20.0. The topological polar surface area (TPSA) is 71.1 Å². The van der Waals surface area contributed by atoms with E-state index in [-0.39, 0.29) is 19.0 Å². The van der Waals surface area contributed by atoms with Crippen LogP contribution in [0.1, 0.15) is 6.92 Å². The lowest BCUT2D eigenvalue weighted by atomic mass is 10.0. The summed E-state index contributed by atoms with van der Waals surface area (Å²) >= 11 is 0. The Balaban J connectivity index is 2.23. The van der Waals surface area contributed by atoms with Gasteiger partial charge in [-0.3, -0.25) is 9.59 Å². The van der Waals surface area contributed by atoms with Crippen LogP contribution in [0.5, 0.6) is 0 Å². The maximum Gasteiger partial charge on any atom is 0.316 e. The molecule has 0 saturated heterocycles. The lowest BCUT2D eigenvalue weighted by Gasteiger charge is -2.17. The van der Waals surface area contributed by atoms with Gasteiger partial charge in [-0.15, -0.1) is 0 Å². The van der Waals surface area contributed by atoms with Crippen LogP contribution in [0, 0.1) is 5.92 Å². The largest absolute Gasteiger partial charge is 0.486 e. The number of carbonyl (C=O) groups excluding carboxylic acids is 2. The average Bonchev–Trinajstić information content (AvgIpc) is 2.50. The highest BCUT2D eigenvalue weighted by atomic mass is 16.6. The van der Waals surface area contributed by atoms with Gasteiger partial charge in [-0.25, -0.2) is 0 Å². The van der Waals surface area contributed by atoms with Gasteiger partial charge in [0, 0.05) is 7.11 Å². The monoisotopic (exact) mass is 284 g/mol. The highest BCUT2D eigenvalue weighted by Crippen LogP contribution is 2.11. The second-order valence-electron chi connectivity index (χ2n) is 4.17. The molecule has 0 N–H and O–H groups in total. The zero-order valence-electron chi connectivity index (χ0n) is 11.7. The standard InChI is InChI=1S/C14H20O6/c1-11(13(15)12-5-3-4-6-19-12)14(16)20-10-9-18-8-7-17-2/h3-6,11-12H,7-10H2,1-2H3. The first-order chi connectivity index (χ1) is 9.66. The van der Waals surface area contributed by atoms with E-state index in [9.17, 15) is 9.59 Å². The number of esters is 1. The molecule has 1 aliphatic rings. The molecule has 2 atom stereocenters. The lowest BCUT2D eigenvalue weighted by molar-refractivity contribution is -0.154. The molecule has 0 spiro atoms. The van der Waals surface area contributed by atoms with E-state index < -0.39 is 18.0 Å². The van der Waals surface area contributed by atoms with Crippen molar-refractivity contribution < 1.29 is 28.5 Å². The second kappa shape index (κ2) is 9.28. The number of methoxy groups -OCH3 is 1. The zero-order chi connectivity index (χ0) is 14.8. The number of carbonyl (C=O) groups is 2. The molecule has 0 amide bonds. The molecule has 0 radical (unpaired) electrons. The molecular weight excluding hydrogens is 264 g/mol. The van der Waals surface area contributed by atoms with Crippen LogP contribution in [0.15, 0.2) is 24.5 Å². The van der Waals surface area contributed by atoms with E-state index in [2.05, 4.69) is 0 Å². The predicted molar refractivity (Wildman–Crippen MR) is 71.0 cm³/mol. The summed E-state index contributed by atoms with van der Waals surface area (Å²) in [4.78, 5) is 23.6. The Morgan fingerprint density at radius 3 is 2.60 bits per heavy atom. The minimum atomic E-state index is -0.866. The molecule has 0 aromatic rings. The fourth-order valence-corrected chi connectivity index (χ4v) is 1.48. The molecule has 1 aliphatic heterocycles. The van der Waals surface area contributed by atoms with Gasteiger partial charge in [-0.05, 0) is 19.1 Å². The van der Waals surface area contributed by atoms with Crippen LogP contribution in [0.4, 0.5) is 0 Å². The van der Waals surface area contributed by atoms with Crippen LogP contribution in [0.25, 0.3) is 0 Å². The Hall–Kier alpha value is -1.66. The van der Waals surface area contributed by atoms with E-state index in [1.165, 1.54) is 13.2 Å². The van der Waals surface area contributed by atoms with Crippen LogP contribution in [0.3, 0.4) is 0 Å². The first-order valence-electron chi connectivity index (χ1n) is 6.42. The molecule has 1 heterocycles. The Kier molecular flexibility index (Phi) is 7.60. The van der Waals surface area contributed by atoms with Gasteiger partial charge in [0.15, 0.2) is 11.9 Å². The molecule has 6 nitrogen and oxygen atoms in total. The molecule has 6 heteroatoms. The molecule has 0 aliphatic carbocycles. The molecule has 0 aromatic heterocycles. The van der Waals surface area contributed by atoms with Crippen LogP contribution in [0.2, 0.25) is 0 Å². The van der Waals surface area contributed by atoms with Gasteiger partial charge < -0.3 is 18.9 Å². The number of hydrogen-bond acceptors (Lipinski definition) is 6. The maximum atomic E-state index is 12.0. The average molecular weight is 284 g/mol. The minimum Gasteiger partial charge on any atom is -0.486 e. The Morgan fingerprint density at radius 1 is 1.20 bits per heavy atom. The van der Waals surface area contributed by atoms with Gasteiger partial charge in [0.1, 0.15) is 12.5 Å². The van der Waals surface area contributed by atoms with Gasteiger partial charge >= 0.3 is 5.97 Å². The highest BCUT2D eigenvalue weighted by molar-refractivity contribution is 6.01. The Labute approximate surface area is 118 Å². The maximum absolute atomic E-state index is 12.0. The van der Waals surface area contributed by atoms with E-state index in [4.69, 9.17) is 18.9 Å². The van der Waals surface area contributed by atoms with Crippen LogP contribution in [-0.4, -0.2) is 51.4 Å². The van der Waals surface area contributed by atoms with Crippen molar-refractivity contribution in [1.29, 1.82) is 0 Å². The van der Waals surface area contributed by atoms with Crippen LogP contribution < -0.4 is 0 Å². The third-order valence-electron chi connectivity index (χ3n) is 2.67. The zero-order valence-corrected chi connectivity index (χ0v) is 11.7. The van der Waals surface area contributed by atoms with E-state index in [0.717, 1.165) is 0 Å². The first-order valence-corrected chi connectivity index (χ1v) is 6.42. The summed E-state index contributed by atoms with van der Waals surface area (Å²) in [5.41, 5.74) is 0. The number of ketones is 1. The minimum absolute atomic E-state index is 0.113. The summed E-state index contributed by atoms with van der Waals surface area (Å²) in [6.45, 7) is 2.82. The van der Waals surface area contributed by atoms with E-state index in [1.807, 2.05) is 0 Å².